The minimum absolute atomic E-state index is 0.0808. The van der Waals surface area contributed by atoms with E-state index in [-0.39, 0.29) is 5.88 Å². The molecule has 0 atom stereocenters. The first kappa shape index (κ1) is 22.8. The van der Waals surface area contributed by atoms with Gasteiger partial charge in [-0.1, -0.05) is 64.8 Å². The molecule has 8 heteroatoms. The van der Waals surface area contributed by atoms with Gasteiger partial charge >= 0.3 is 0 Å². The summed E-state index contributed by atoms with van der Waals surface area (Å²) >= 11 is 4.55. The van der Waals surface area contributed by atoms with E-state index in [2.05, 4.69) is 57.0 Å². The van der Waals surface area contributed by atoms with Gasteiger partial charge < -0.3 is 4.52 Å². The minimum atomic E-state index is -3.85. The van der Waals surface area contributed by atoms with E-state index in [0.717, 1.165) is 28.7 Å². The van der Waals surface area contributed by atoms with E-state index in [1.54, 1.807) is 6.92 Å². The maximum absolute atomic E-state index is 13.3. The lowest BCUT2D eigenvalue weighted by atomic mass is 9.98. The summed E-state index contributed by atoms with van der Waals surface area (Å²) in [7, 11) is -3.85. The van der Waals surface area contributed by atoms with Crippen molar-refractivity contribution >= 4 is 43.2 Å². The smallest absolute Gasteiger partial charge is 0.274 e. The van der Waals surface area contributed by atoms with Gasteiger partial charge in [0.15, 0.2) is 0 Å². The van der Waals surface area contributed by atoms with E-state index in [4.69, 9.17) is 4.52 Å². The maximum Gasteiger partial charge on any atom is 0.274 e. The molecule has 2 aromatic heterocycles. The zero-order chi connectivity index (χ0) is 22.9. The summed E-state index contributed by atoms with van der Waals surface area (Å²) in [5.74, 6) is 0.0808. The van der Waals surface area contributed by atoms with Crippen molar-refractivity contribution in [1.29, 1.82) is 0 Å². The van der Waals surface area contributed by atoms with Gasteiger partial charge in [-0.05, 0) is 71.8 Å². The van der Waals surface area contributed by atoms with E-state index >= 15 is 0 Å². The summed E-state index contributed by atoms with van der Waals surface area (Å²) in [5, 5.41) is 5.74. The number of nitrogens with one attached hydrogen (secondary N) is 1. The van der Waals surface area contributed by atoms with Crippen molar-refractivity contribution < 1.29 is 12.9 Å². The number of sulfonamides is 1. The van der Waals surface area contributed by atoms with Crippen molar-refractivity contribution in [2.24, 2.45) is 0 Å². The van der Waals surface area contributed by atoms with E-state index in [1.165, 1.54) is 22.5 Å². The molecule has 4 aromatic rings. The molecule has 0 fully saturated rings. The largest absolute Gasteiger partial charge is 0.336 e. The second-order valence-electron chi connectivity index (χ2n) is 7.78. The summed E-state index contributed by atoms with van der Waals surface area (Å²) in [6, 6.07) is 16.5. The van der Waals surface area contributed by atoms with Crippen LogP contribution in [0.4, 0.5) is 5.88 Å². The molecule has 4 rings (SSSR count). The van der Waals surface area contributed by atoms with Crippen LogP contribution in [0.1, 0.15) is 27.9 Å². The molecule has 0 saturated heterocycles. The molecule has 166 valence electrons. The Bertz CT molecular complexity index is 1340. The monoisotopic (exact) mass is 530 g/mol. The van der Waals surface area contributed by atoms with Crippen LogP contribution in [-0.2, 0) is 22.9 Å². The van der Waals surface area contributed by atoms with Gasteiger partial charge in [-0.3, -0.25) is 0 Å². The topological polar surface area (TPSA) is 72.2 Å². The number of benzene rings is 2. The lowest BCUT2D eigenvalue weighted by molar-refractivity contribution is 0.430. The Morgan fingerprint density at radius 1 is 0.969 bits per heavy atom. The fourth-order valence-electron chi connectivity index (χ4n) is 3.42. The summed E-state index contributed by atoms with van der Waals surface area (Å²) in [6.45, 7) is 5.82. The lowest BCUT2D eigenvalue weighted by Gasteiger charge is -2.10. The third-order valence-corrected chi connectivity index (χ3v) is 9.15. The second kappa shape index (κ2) is 9.21. The number of halogens is 1. The van der Waals surface area contributed by atoms with Crippen molar-refractivity contribution in [1.82, 2.24) is 5.16 Å². The number of thiophene rings is 1. The van der Waals surface area contributed by atoms with E-state index in [1.807, 2.05) is 36.6 Å². The second-order valence-corrected chi connectivity index (χ2v) is 11.3. The molecule has 0 aliphatic heterocycles. The summed E-state index contributed by atoms with van der Waals surface area (Å²) in [5.41, 5.74) is 6.85. The van der Waals surface area contributed by atoms with Crippen molar-refractivity contribution in [2.75, 3.05) is 4.72 Å². The van der Waals surface area contributed by atoms with Gasteiger partial charge in [-0.2, -0.15) is 0 Å². The van der Waals surface area contributed by atoms with Crippen LogP contribution in [0.25, 0.3) is 11.1 Å². The van der Waals surface area contributed by atoms with Crippen molar-refractivity contribution in [3.63, 3.8) is 0 Å². The van der Waals surface area contributed by atoms with E-state index in [9.17, 15) is 8.42 Å². The summed E-state index contributed by atoms with van der Waals surface area (Å²) in [4.78, 5) is 0. The Morgan fingerprint density at radius 3 is 2.19 bits per heavy atom. The third kappa shape index (κ3) is 4.82. The molecule has 0 unspecified atom stereocenters. The molecule has 32 heavy (non-hydrogen) atoms. The van der Waals surface area contributed by atoms with Gasteiger partial charge in [-0.25, -0.2) is 13.1 Å². The molecular formula is C24H23BrN2O3S2. The molecule has 5 nitrogen and oxygen atoms in total. The third-order valence-electron chi connectivity index (χ3n) is 5.26. The molecule has 0 bridgehead atoms. The normalized spacial score (nSPS) is 11.6. The predicted octanol–water partition coefficient (Wildman–Crippen LogP) is 6.68. The molecule has 1 N–H and O–H groups in total. The summed E-state index contributed by atoms with van der Waals surface area (Å²) in [6.07, 6.45) is 1.34. The fourth-order valence-corrected chi connectivity index (χ4v) is 6.44. The first-order valence-electron chi connectivity index (χ1n) is 10.1. The van der Waals surface area contributed by atoms with Gasteiger partial charge in [0.1, 0.15) is 8.68 Å². The van der Waals surface area contributed by atoms with Crippen LogP contribution >= 0.6 is 27.3 Å². The van der Waals surface area contributed by atoms with Crippen LogP contribution in [0, 0.1) is 20.8 Å². The highest BCUT2D eigenvalue weighted by molar-refractivity contribution is 9.10. The van der Waals surface area contributed by atoms with Gasteiger partial charge in [-0.15, -0.1) is 11.3 Å². The average molecular weight is 531 g/mol. The highest BCUT2D eigenvalue weighted by Gasteiger charge is 2.27. The van der Waals surface area contributed by atoms with Crippen LogP contribution in [-0.4, -0.2) is 13.6 Å². The number of aromatic nitrogens is 1. The first-order valence-corrected chi connectivity index (χ1v) is 13.3. The lowest BCUT2D eigenvalue weighted by Crippen LogP contribution is -2.13. The van der Waals surface area contributed by atoms with Crippen LogP contribution in [0.15, 0.2) is 67.1 Å². The molecule has 0 amide bonds. The van der Waals surface area contributed by atoms with Crippen molar-refractivity contribution in [3.05, 3.63) is 86.3 Å². The Morgan fingerprint density at radius 2 is 1.59 bits per heavy atom. The number of nitrogens with zero attached hydrogens (tertiary/aromatic N) is 1. The number of hydrogen-bond acceptors (Lipinski definition) is 5. The minimum Gasteiger partial charge on any atom is -0.336 e. The predicted molar refractivity (Wildman–Crippen MR) is 133 cm³/mol. The molecule has 0 radical (unpaired) electrons. The average Bonchev–Trinajstić information content (AvgIpc) is 3.33. The molecule has 0 spiro atoms. The van der Waals surface area contributed by atoms with E-state index < -0.39 is 10.0 Å². The van der Waals surface area contributed by atoms with Crippen LogP contribution in [0.2, 0.25) is 0 Å². The SMILES string of the molecule is Cc1ccc(CCc2c(-c3ccc(C)cc3)csc2S(=O)(=O)Nc2onc(C)c2Br)cc1. The highest BCUT2D eigenvalue weighted by atomic mass is 79.9. The van der Waals surface area contributed by atoms with Crippen molar-refractivity contribution in [3.8, 4) is 11.1 Å². The van der Waals surface area contributed by atoms with Crippen molar-refractivity contribution in [2.45, 2.75) is 37.8 Å². The quantitative estimate of drug-likeness (QED) is 0.289. The Hall–Kier alpha value is -2.42. The number of anilines is 1. The molecule has 2 heterocycles. The van der Waals surface area contributed by atoms with Gasteiger partial charge in [0.25, 0.3) is 15.9 Å². The van der Waals surface area contributed by atoms with Gasteiger partial charge in [0.05, 0.1) is 5.69 Å². The first-order chi connectivity index (χ1) is 15.2. The maximum atomic E-state index is 13.3. The van der Waals surface area contributed by atoms with Crippen LogP contribution in [0.3, 0.4) is 0 Å². The standard InChI is InChI=1S/C24H23BrN2O3S2/c1-15-4-8-18(9-5-15)10-13-20-21(19-11-6-16(2)7-12-19)14-31-24(20)32(28,29)27-23-22(25)17(3)26-30-23/h4-9,11-12,14,27H,10,13H2,1-3H3. The van der Waals surface area contributed by atoms with Gasteiger partial charge in [0.2, 0.25) is 0 Å². The molecule has 0 aliphatic carbocycles. The Balaban J connectivity index is 1.73. The Labute approximate surface area is 200 Å². The number of aryl methyl sites for hydroxylation is 4. The number of rotatable bonds is 7. The molecule has 2 aromatic carbocycles. The molecule has 0 aliphatic rings. The zero-order valence-electron chi connectivity index (χ0n) is 18.0. The molecule has 0 saturated carbocycles. The molecular weight excluding hydrogens is 508 g/mol. The van der Waals surface area contributed by atoms with Gasteiger partial charge in [0, 0.05) is 5.38 Å². The fraction of sp³-hybridized carbons (Fsp3) is 0.208. The Kier molecular flexibility index (Phi) is 6.55. The zero-order valence-corrected chi connectivity index (χ0v) is 21.2. The van der Waals surface area contributed by atoms with Crippen LogP contribution < -0.4 is 4.72 Å². The van der Waals surface area contributed by atoms with Crippen LogP contribution in [0.5, 0.6) is 0 Å². The van der Waals surface area contributed by atoms with E-state index in [0.29, 0.717) is 20.8 Å². The summed E-state index contributed by atoms with van der Waals surface area (Å²) < 4.78 is 35.2. The highest BCUT2D eigenvalue weighted by Crippen LogP contribution is 2.37. The number of hydrogen-bond donors (Lipinski definition) is 1.